The van der Waals surface area contributed by atoms with E-state index in [4.69, 9.17) is 0 Å². The van der Waals surface area contributed by atoms with Gasteiger partial charge in [-0.05, 0) is 30.7 Å². The maximum atomic E-state index is 13.8. The van der Waals surface area contributed by atoms with Crippen LogP contribution in [0.1, 0.15) is 16.8 Å². The predicted octanol–water partition coefficient (Wildman–Crippen LogP) is 1.90. The molecule has 1 aliphatic rings. The molecule has 0 saturated carbocycles. The molecular formula is C16H13F2N3O2. The predicted molar refractivity (Wildman–Crippen MR) is 78.8 cm³/mol. The molecule has 118 valence electrons. The molecule has 0 radical (unpaired) electrons. The van der Waals surface area contributed by atoms with Crippen LogP contribution in [0.5, 0.6) is 0 Å². The van der Waals surface area contributed by atoms with E-state index in [0.29, 0.717) is 6.42 Å². The average molecular weight is 317 g/mol. The van der Waals surface area contributed by atoms with Gasteiger partial charge < -0.3 is 10.2 Å². The topological polar surface area (TPSA) is 62.3 Å². The van der Waals surface area contributed by atoms with Crippen molar-refractivity contribution in [3.05, 3.63) is 59.9 Å². The maximum Gasteiger partial charge on any atom is 0.256 e. The van der Waals surface area contributed by atoms with Crippen molar-refractivity contribution < 1.29 is 18.4 Å². The van der Waals surface area contributed by atoms with Crippen molar-refractivity contribution in [3.8, 4) is 0 Å². The quantitative estimate of drug-likeness (QED) is 0.880. The Morgan fingerprint density at radius 1 is 1.22 bits per heavy atom. The molecule has 2 amide bonds. The van der Waals surface area contributed by atoms with E-state index in [2.05, 4.69) is 10.3 Å². The molecule has 0 bridgehead atoms. The molecule has 2 aromatic rings. The minimum absolute atomic E-state index is 0.168. The molecule has 23 heavy (non-hydrogen) atoms. The van der Waals surface area contributed by atoms with Crippen LogP contribution in [0.15, 0.2) is 42.6 Å². The molecule has 5 nitrogen and oxygen atoms in total. The van der Waals surface area contributed by atoms with Crippen molar-refractivity contribution in [2.45, 2.75) is 12.5 Å². The van der Waals surface area contributed by atoms with Gasteiger partial charge in [0, 0.05) is 12.7 Å². The Morgan fingerprint density at radius 2 is 2.00 bits per heavy atom. The molecule has 2 heterocycles. The van der Waals surface area contributed by atoms with Crippen molar-refractivity contribution >= 4 is 17.5 Å². The Labute approximate surface area is 130 Å². The second-order valence-corrected chi connectivity index (χ2v) is 5.10. The van der Waals surface area contributed by atoms with Crippen LogP contribution < -0.4 is 10.2 Å². The van der Waals surface area contributed by atoms with E-state index in [0.717, 1.165) is 0 Å². The highest BCUT2D eigenvalue weighted by atomic mass is 19.1. The summed E-state index contributed by atoms with van der Waals surface area (Å²) in [7, 11) is 0. The van der Waals surface area contributed by atoms with Gasteiger partial charge in [-0.3, -0.25) is 9.59 Å². The first-order valence-electron chi connectivity index (χ1n) is 7.05. The number of amides is 2. The highest BCUT2D eigenvalue weighted by molar-refractivity contribution is 6.03. The molecule has 0 aliphatic carbocycles. The molecule has 1 aromatic carbocycles. The number of carbonyl (C=O) groups is 2. The van der Waals surface area contributed by atoms with E-state index < -0.39 is 29.6 Å². The van der Waals surface area contributed by atoms with E-state index in [9.17, 15) is 18.4 Å². The second-order valence-electron chi connectivity index (χ2n) is 5.10. The third-order valence-corrected chi connectivity index (χ3v) is 3.66. The number of benzene rings is 1. The summed E-state index contributed by atoms with van der Waals surface area (Å²) < 4.78 is 27.3. The fourth-order valence-electron chi connectivity index (χ4n) is 2.52. The summed E-state index contributed by atoms with van der Waals surface area (Å²) in [5, 5.41) is 2.47. The van der Waals surface area contributed by atoms with Crippen LogP contribution in [0.25, 0.3) is 0 Å². The molecule has 3 rings (SSSR count). The van der Waals surface area contributed by atoms with Crippen LogP contribution in [-0.2, 0) is 4.79 Å². The first kappa shape index (κ1) is 15.1. The van der Waals surface area contributed by atoms with Crippen LogP contribution in [0, 0.1) is 11.8 Å². The highest BCUT2D eigenvalue weighted by Gasteiger charge is 2.35. The van der Waals surface area contributed by atoms with Gasteiger partial charge in [0.1, 0.15) is 11.9 Å². The van der Waals surface area contributed by atoms with E-state index in [1.54, 1.807) is 6.07 Å². The van der Waals surface area contributed by atoms with Crippen molar-refractivity contribution in [1.82, 2.24) is 10.3 Å². The Kier molecular flexibility index (Phi) is 4.01. The molecular weight excluding hydrogens is 304 g/mol. The number of nitrogens with zero attached hydrogens (tertiary/aromatic N) is 2. The lowest BCUT2D eigenvalue weighted by atomic mass is 10.2. The molecule has 1 N–H and O–H groups in total. The number of hydrogen-bond acceptors (Lipinski definition) is 3. The SMILES string of the molecule is O=C(N[C@H]1CCN(c2ccccc2F)C1=O)c1cccnc1F. The molecule has 7 heteroatoms. The summed E-state index contributed by atoms with van der Waals surface area (Å²) in [5.41, 5.74) is -0.0635. The maximum absolute atomic E-state index is 13.8. The van der Waals surface area contributed by atoms with Gasteiger partial charge in [0.25, 0.3) is 5.91 Å². The standard InChI is InChI=1S/C16H13F2N3O2/c17-11-5-1-2-6-13(11)21-9-7-12(16(21)23)20-15(22)10-4-3-8-19-14(10)18/h1-6,8,12H,7,9H2,(H,20,22)/t12-/m0/s1. The number of aromatic nitrogens is 1. The van der Waals surface area contributed by atoms with Crippen molar-refractivity contribution in [1.29, 1.82) is 0 Å². The molecule has 1 atom stereocenters. The first-order chi connectivity index (χ1) is 11.1. The Bertz CT molecular complexity index is 766. The smallest absolute Gasteiger partial charge is 0.256 e. The number of anilines is 1. The first-order valence-corrected chi connectivity index (χ1v) is 7.05. The number of rotatable bonds is 3. The number of nitrogens with one attached hydrogen (secondary N) is 1. The van der Waals surface area contributed by atoms with E-state index >= 15 is 0 Å². The highest BCUT2D eigenvalue weighted by Crippen LogP contribution is 2.24. The largest absolute Gasteiger partial charge is 0.340 e. The zero-order chi connectivity index (χ0) is 16.4. The molecule has 1 saturated heterocycles. The zero-order valence-corrected chi connectivity index (χ0v) is 12.0. The molecule has 0 spiro atoms. The summed E-state index contributed by atoms with van der Waals surface area (Å²) in [5.74, 6) is -2.55. The summed E-state index contributed by atoms with van der Waals surface area (Å²) in [6.45, 7) is 0.278. The fourth-order valence-corrected chi connectivity index (χ4v) is 2.52. The van der Waals surface area contributed by atoms with Crippen LogP contribution in [0.4, 0.5) is 14.5 Å². The number of pyridine rings is 1. The lowest BCUT2D eigenvalue weighted by molar-refractivity contribution is -0.118. The van der Waals surface area contributed by atoms with Gasteiger partial charge in [0.05, 0.1) is 11.3 Å². The monoisotopic (exact) mass is 317 g/mol. The molecule has 1 fully saturated rings. The molecule has 1 aromatic heterocycles. The van der Waals surface area contributed by atoms with Gasteiger partial charge in [-0.2, -0.15) is 4.39 Å². The second kappa shape index (κ2) is 6.12. The number of halogens is 2. The van der Waals surface area contributed by atoms with Crippen molar-refractivity contribution in [3.63, 3.8) is 0 Å². The lowest BCUT2D eigenvalue weighted by Crippen LogP contribution is -2.42. The van der Waals surface area contributed by atoms with Gasteiger partial charge in [0.2, 0.25) is 11.9 Å². The minimum atomic E-state index is -0.901. The van der Waals surface area contributed by atoms with Gasteiger partial charge >= 0.3 is 0 Å². The average Bonchev–Trinajstić information content (AvgIpc) is 2.89. The summed E-state index contributed by atoms with van der Waals surface area (Å²) in [6.07, 6.45) is 1.55. The van der Waals surface area contributed by atoms with E-state index in [1.165, 1.54) is 41.4 Å². The van der Waals surface area contributed by atoms with Gasteiger partial charge in [0.15, 0.2) is 0 Å². The normalized spacial score (nSPS) is 17.4. The Balaban J connectivity index is 1.74. The summed E-state index contributed by atoms with van der Waals surface area (Å²) >= 11 is 0. The van der Waals surface area contributed by atoms with Gasteiger partial charge in [-0.1, -0.05) is 12.1 Å². The summed E-state index contributed by atoms with van der Waals surface area (Å²) in [6, 6.07) is 7.82. The van der Waals surface area contributed by atoms with Crippen LogP contribution in [-0.4, -0.2) is 29.4 Å². The molecule has 1 aliphatic heterocycles. The van der Waals surface area contributed by atoms with Crippen LogP contribution in [0.3, 0.4) is 0 Å². The van der Waals surface area contributed by atoms with Gasteiger partial charge in [-0.25, -0.2) is 9.37 Å². The lowest BCUT2D eigenvalue weighted by Gasteiger charge is -2.17. The van der Waals surface area contributed by atoms with Crippen molar-refractivity contribution in [2.75, 3.05) is 11.4 Å². The number of carbonyl (C=O) groups excluding carboxylic acids is 2. The number of hydrogen-bond donors (Lipinski definition) is 1. The van der Waals surface area contributed by atoms with E-state index in [-0.39, 0.29) is 17.8 Å². The molecule has 0 unspecified atom stereocenters. The fraction of sp³-hybridized carbons (Fsp3) is 0.188. The van der Waals surface area contributed by atoms with Crippen LogP contribution in [0.2, 0.25) is 0 Å². The minimum Gasteiger partial charge on any atom is -0.340 e. The Hall–Kier alpha value is -2.83. The van der Waals surface area contributed by atoms with Crippen LogP contribution >= 0.6 is 0 Å². The summed E-state index contributed by atoms with van der Waals surface area (Å²) in [4.78, 5) is 29.1. The zero-order valence-electron chi connectivity index (χ0n) is 12.0. The number of para-hydroxylation sites is 1. The van der Waals surface area contributed by atoms with E-state index in [1.807, 2.05) is 0 Å². The Morgan fingerprint density at radius 3 is 2.74 bits per heavy atom. The third kappa shape index (κ3) is 2.90. The van der Waals surface area contributed by atoms with Crippen molar-refractivity contribution in [2.24, 2.45) is 0 Å². The third-order valence-electron chi connectivity index (χ3n) is 3.66. The van der Waals surface area contributed by atoms with Gasteiger partial charge in [-0.15, -0.1) is 0 Å².